The van der Waals surface area contributed by atoms with E-state index in [2.05, 4.69) is 0 Å². The van der Waals surface area contributed by atoms with Crippen LogP contribution >= 0.6 is 0 Å². The highest BCUT2D eigenvalue weighted by molar-refractivity contribution is 5.95. The van der Waals surface area contributed by atoms with Crippen LogP contribution in [0, 0.1) is 5.82 Å². The van der Waals surface area contributed by atoms with E-state index in [-0.39, 0.29) is 42.8 Å². The molecule has 4 nitrogen and oxygen atoms in total. The molecule has 0 radical (unpaired) electrons. The Hall–Kier alpha value is -2.96. The van der Waals surface area contributed by atoms with E-state index in [0.717, 1.165) is 6.07 Å². The highest BCUT2D eigenvalue weighted by Crippen LogP contribution is 2.35. The Labute approximate surface area is 165 Å². The topological polar surface area (TPSA) is 53.7 Å². The van der Waals surface area contributed by atoms with Gasteiger partial charge in [-0.1, -0.05) is 13.0 Å². The number of furan rings is 1. The first-order valence-electron chi connectivity index (χ1n) is 9.50. The van der Waals surface area contributed by atoms with Crippen molar-refractivity contribution >= 4 is 16.9 Å². The number of aryl methyl sites for hydroxylation is 1. The molecule has 1 saturated heterocycles. The highest BCUT2D eigenvalue weighted by atomic mass is 19.3. The van der Waals surface area contributed by atoms with Gasteiger partial charge in [-0.25, -0.2) is 13.2 Å². The molecule has 1 aliphatic rings. The summed E-state index contributed by atoms with van der Waals surface area (Å²) < 4.78 is 46.9. The predicted octanol–water partition coefficient (Wildman–Crippen LogP) is 5.38. The molecular formula is C22H20F3NO3. The summed E-state index contributed by atoms with van der Waals surface area (Å²) in [6.45, 7) is 1.81. The second-order valence-corrected chi connectivity index (χ2v) is 7.32. The molecule has 29 heavy (non-hydrogen) atoms. The third-order valence-electron chi connectivity index (χ3n) is 5.31. The number of carbonyl (C=O) groups excluding carboxylic acids is 1. The van der Waals surface area contributed by atoms with Gasteiger partial charge in [-0.2, -0.15) is 0 Å². The summed E-state index contributed by atoms with van der Waals surface area (Å²) in [5.41, 5.74) is 1.13. The summed E-state index contributed by atoms with van der Waals surface area (Å²) in [5, 5.41) is 10.9. The van der Waals surface area contributed by atoms with Gasteiger partial charge in [-0.15, -0.1) is 0 Å². The Morgan fingerprint density at radius 1 is 1.17 bits per heavy atom. The molecule has 2 heterocycles. The van der Waals surface area contributed by atoms with Crippen molar-refractivity contribution < 1.29 is 27.5 Å². The molecule has 1 fully saturated rings. The van der Waals surface area contributed by atoms with Gasteiger partial charge in [0.25, 0.3) is 11.8 Å². The molecule has 0 bridgehead atoms. The van der Waals surface area contributed by atoms with Crippen LogP contribution in [0.25, 0.3) is 22.1 Å². The zero-order valence-electron chi connectivity index (χ0n) is 15.8. The average molecular weight is 403 g/mol. The van der Waals surface area contributed by atoms with Gasteiger partial charge in [-0.3, -0.25) is 4.79 Å². The summed E-state index contributed by atoms with van der Waals surface area (Å²) in [6.07, 6.45) is -0.108. The second-order valence-electron chi connectivity index (χ2n) is 7.32. The van der Waals surface area contributed by atoms with Crippen LogP contribution < -0.4 is 0 Å². The number of piperidine rings is 1. The number of rotatable bonds is 3. The molecule has 0 atom stereocenters. The maximum atomic E-state index is 14.8. The van der Waals surface area contributed by atoms with Crippen LogP contribution in [0.1, 0.15) is 35.9 Å². The minimum absolute atomic E-state index is 0.0556. The monoisotopic (exact) mass is 403 g/mol. The first kappa shape index (κ1) is 19.4. The van der Waals surface area contributed by atoms with Crippen LogP contribution in [0.15, 0.2) is 40.8 Å². The lowest BCUT2D eigenvalue weighted by molar-refractivity contribution is -0.0494. The Morgan fingerprint density at radius 2 is 1.90 bits per heavy atom. The lowest BCUT2D eigenvalue weighted by atomic mass is 10.00. The van der Waals surface area contributed by atoms with Crippen molar-refractivity contribution in [2.75, 3.05) is 13.1 Å². The lowest BCUT2D eigenvalue weighted by Gasteiger charge is -2.31. The largest absolute Gasteiger partial charge is 0.504 e. The normalized spacial score (nSPS) is 16.3. The van der Waals surface area contributed by atoms with Crippen LogP contribution in [0.5, 0.6) is 5.75 Å². The van der Waals surface area contributed by atoms with Gasteiger partial charge >= 0.3 is 0 Å². The van der Waals surface area contributed by atoms with Crippen molar-refractivity contribution in [3.63, 3.8) is 0 Å². The molecule has 0 saturated carbocycles. The summed E-state index contributed by atoms with van der Waals surface area (Å²) in [6, 6.07) is 8.96. The predicted molar refractivity (Wildman–Crippen MR) is 103 cm³/mol. The van der Waals surface area contributed by atoms with Crippen LogP contribution in [0.2, 0.25) is 0 Å². The highest BCUT2D eigenvalue weighted by Gasteiger charge is 2.35. The van der Waals surface area contributed by atoms with E-state index in [1.165, 1.54) is 23.1 Å². The molecular weight excluding hydrogens is 383 g/mol. The number of phenolic OH excluding ortho intramolecular Hbond substituents is 1. The van der Waals surface area contributed by atoms with E-state index in [4.69, 9.17) is 4.42 Å². The average Bonchev–Trinajstić information content (AvgIpc) is 3.11. The Morgan fingerprint density at radius 3 is 2.55 bits per heavy atom. The second kappa shape index (κ2) is 7.13. The summed E-state index contributed by atoms with van der Waals surface area (Å²) in [4.78, 5) is 13.9. The molecule has 7 heteroatoms. The number of benzene rings is 2. The van der Waals surface area contributed by atoms with Crippen LogP contribution in [-0.4, -0.2) is 34.9 Å². The van der Waals surface area contributed by atoms with Crippen LogP contribution in [-0.2, 0) is 6.42 Å². The molecule has 1 amide bonds. The third-order valence-corrected chi connectivity index (χ3v) is 5.31. The van der Waals surface area contributed by atoms with Gasteiger partial charge in [0.1, 0.15) is 11.6 Å². The van der Waals surface area contributed by atoms with E-state index in [1.807, 2.05) is 6.92 Å². The number of alkyl halides is 2. The summed E-state index contributed by atoms with van der Waals surface area (Å²) in [7, 11) is 0. The van der Waals surface area contributed by atoms with Gasteiger partial charge in [0.15, 0.2) is 11.3 Å². The van der Waals surface area contributed by atoms with Gasteiger partial charge in [-0.05, 0) is 35.9 Å². The number of hydrogen-bond donors (Lipinski definition) is 1. The first-order chi connectivity index (χ1) is 13.8. The Kier molecular flexibility index (Phi) is 4.76. The van der Waals surface area contributed by atoms with Crippen LogP contribution in [0.4, 0.5) is 13.2 Å². The fraction of sp³-hybridized carbons (Fsp3) is 0.318. The smallest absolute Gasteiger partial charge is 0.253 e. The molecule has 152 valence electrons. The molecule has 1 aromatic heterocycles. The Bertz CT molecular complexity index is 1080. The number of nitrogens with zero attached hydrogens (tertiary/aromatic N) is 1. The summed E-state index contributed by atoms with van der Waals surface area (Å²) in [5.74, 6) is -3.23. The molecule has 0 spiro atoms. The maximum absolute atomic E-state index is 14.8. The van der Waals surface area contributed by atoms with Crippen molar-refractivity contribution in [3.05, 3.63) is 53.5 Å². The van der Waals surface area contributed by atoms with Crippen molar-refractivity contribution in [2.24, 2.45) is 0 Å². The van der Waals surface area contributed by atoms with E-state index < -0.39 is 17.6 Å². The number of phenols is 1. The SMILES string of the molecule is CCc1cc2cc(-c3ccc(C(=O)N4CCC(F)(F)CC4)cc3F)cc(O)c2o1. The molecule has 1 aliphatic heterocycles. The first-order valence-corrected chi connectivity index (χ1v) is 9.50. The fourth-order valence-electron chi connectivity index (χ4n) is 3.62. The van der Waals surface area contributed by atoms with Gasteiger partial charge in [0.05, 0.1) is 0 Å². The van der Waals surface area contributed by atoms with Gasteiger partial charge < -0.3 is 14.4 Å². The summed E-state index contributed by atoms with van der Waals surface area (Å²) >= 11 is 0. The number of likely N-dealkylation sites (tertiary alicyclic amines) is 1. The third kappa shape index (κ3) is 3.69. The molecule has 4 rings (SSSR count). The van der Waals surface area contributed by atoms with Gasteiger partial charge in [0.2, 0.25) is 0 Å². The van der Waals surface area contributed by atoms with E-state index in [0.29, 0.717) is 28.7 Å². The number of carbonyl (C=O) groups is 1. The molecule has 0 unspecified atom stereocenters. The van der Waals surface area contributed by atoms with E-state index in [1.54, 1.807) is 12.1 Å². The van der Waals surface area contributed by atoms with E-state index >= 15 is 0 Å². The zero-order chi connectivity index (χ0) is 20.8. The van der Waals surface area contributed by atoms with Crippen molar-refractivity contribution in [1.29, 1.82) is 0 Å². The maximum Gasteiger partial charge on any atom is 0.253 e. The number of aromatic hydroxyl groups is 1. The fourth-order valence-corrected chi connectivity index (χ4v) is 3.62. The molecule has 3 aromatic rings. The zero-order valence-corrected chi connectivity index (χ0v) is 15.8. The lowest BCUT2D eigenvalue weighted by Crippen LogP contribution is -2.42. The number of halogens is 3. The molecule has 1 N–H and O–H groups in total. The van der Waals surface area contributed by atoms with Crippen molar-refractivity contribution in [1.82, 2.24) is 4.90 Å². The number of hydrogen-bond acceptors (Lipinski definition) is 3. The van der Waals surface area contributed by atoms with Crippen LogP contribution in [0.3, 0.4) is 0 Å². The molecule has 0 aliphatic carbocycles. The van der Waals surface area contributed by atoms with Crippen molar-refractivity contribution in [3.8, 4) is 16.9 Å². The van der Waals surface area contributed by atoms with E-state index in [9.17, 15) is 23.1 Å². The number of fused-ring (bicyclic) bond motifs is 1. The molecule has 2 aromatic carbocycles. The quantitative estimate of drug-likeness (QED) is 0.639. The van der Waals surface area contributed by atoms with Gasteiger partial charge in [0, 0.05) is 48.9 Å². The minimum atomic E-state index is -2.75. The Balaban J connectivity index is 1.62. The number of amides is 1. The minimum Gasteiger partial charge on any atom is -0.504 e. The van der Waals surface area contributed by atoms with Crippen molar-refractivity contribution in [2.45, 2.75) is 32.1 Å². The standard InChI is InChI=1S/C22H20F3NO3/c1-2-16-10-15-9-14(12-19(27)20(15)29-16)17-4-3-13(11-18(17)23)21(28)26-7-5-22(24,25)6-8-26/h3-4,9-12,27H,2,5-8H2,1H3.